The number of rotatable bonds is 14. The fourth-order valence-electron chi connectivity index (χ4n) is 5.90. The molecule has 4 rings (SSSR count). The quantitative estimate of drug-likeness (QED) is 0.256. The topological polar surface area (TPSA) is 55.4 Å². The summed E-state index contributed by atoms with van der Waals surface area (Å²) in [5.74, 6) is 4.84. The second-order valence-corrected chi connectivity index (χ2v) is 9.24. The molecule has 0 aromatic heterocycles. The van der Waals surface area contributed by atoms with Crippen LogP contribution >= 0.6 is 0 Å². The SMILES string of the molecule is CCOC1=C(OCC)C(C(C)C2C(OCC)=C(OCC)c3c(OCC)cccc32)c2cccc(OCC)c21. The van der Waals surface area contributed by atoms with Crippen molar-refractivity contribution in [3.63, 3.8) is 0 Å². The van der Waals surface area contributed by atoms with E-state index in [1.165, 1.54) is 0 Å². The molecule has 0 amide bonds. The number of allylic oxidation sites excluding steroid dienone is 2. The first-order chi connectivity index (χ1) is 18.6. The van der Waals surface area contributed by atoms with Gasteiger partial charge < -0.3 is 28.4 Å². The van der Waals surface area contributed by atoms with Crippen LogP contribution in [0.4, 0.5) is 0 Å². The van der Waals surface area contributed by atoms with E-state index >= 15 is 0 Å². The molecule has 38 heavy (non-hydrogen) atoms. The van der Waals surface area contributed by atoms with Crippen molar-refractivity contribution in [3.8, 4) is 11.5 Å². The first kappa shape index (κ1) is 27.7. The zero-order valence-electron chi connectivity index (χ0n) is 23.9. The average Bonchev–Trinajstić information content (AvgIpc) is 3.39. The van der Waals surface area contributed by atoms with Gasteiger partial charge in [-0.05, 0) is 70.7 Å². The van der Waals surface area contributed by atoms with Crippen LogP contribution in [-0.4, -0.2) is 39.6 Å². The molecule has 0 saturated heterocycles. The molecule has 206 valence electrons. The van der Waals surface area contributed by atoms with Crippen molar-refractivity contribution < 1.29 is 28.4 Å². The Balaban J connectivity index is 1.93. The molecule has 2 aromatic rings. The Labute approximate surface area is 227 Å². The lowest BCUT2D eigenvalue weighted by Gasteiger charge is -2.30. The highest BCUT2D eigenvalue weighted by atomic mass is 16.5. The number of hydrogen-bond acceptors (Lipinski definition) is 6. The lowest BCUT2D eigenvalue weighted by atomic mass is 9.76. The summed E-state index contributed by atoms with van der Waals surface area (Å²) in [6, 6.07) is 12.5. The Morgan fingerprint density at radius 2 is 0.895 bits per heavy atom. The maximum atomic E-state index is 6.38. The predicted molar refractivity (Wildman–Crippen MR) is 150 cm³/mol. The molecule has 2 aliphatic rings. The average molecular weight is 523 g/mol. The van der Waals surface area contributed by atoms with Crippen LogP contribution in [0, 0.1) is 5.92 Å². The molecular formula is C32H42O6. The highest BCUT2D eigenvalue weighted by molar-refractivity contribution is 5.80. The van der Waals surface area contributed by atoms with Crippen molar-refractivity contribution >= 4 is 11.5 Å². The fourth-order valence-corrected chi connectivity index (χ4v) is 5.90. The van der Waals surface area contributed by atoms with E-state index in [0.29, 0.717) is 39.6 Å². The predicted octanol–water partition coefficient (Wildman–Crippen LogP) is 7.50. The smallest absolute Gasteiger partial charge is 0.168 e. The minimum Gasteiger partial charge on any atom is -0.494 e. The Bertz CT molecular complexity index is 1090. The molecule has 6 nitrogen and oxygen atoms in total. The van der Waals surface area contributed by atoms with Crippen LogP contribution in [0.1, 0.15) is 82.6 Å². The lowest BCUT2D eigenvalue weighted by molar-refractivity contribution is 0.156. The standard InChI is InChI=1S/C32H42O6/c1-8-33-23-18-14-16-21-25(29(35-10-3)31(27(21)23)37-12-5)20(7)26-22-17-15-19-24(34-9-2)28(22)32(38-13-6)30(26)36-11-4/h14-20,25-26H,8-13H2,1-7H3. The van der Waals surface area contributed by atoms with Crippen molar-refractivity contribution in [2.45, 2.75) is 60.3 Å². The zero-order chi connectivity index (χ0) is 27.2. The van der Waals surface area contributed by atoms with Crippen molar-refractivity contribution in [1.82, 2.24) is 0 Å². The molecule has 0 fully saturated rings. The number of hydrogen-bond donors (Lipinski definition) is 0. The summed E-state index contributed by atoms with van der Waals surface area (Å²) in [7, 11) is 0. The van der Waals surface area contributed by atoms with E-state index in [0.717, 1.165) is 56.8 Å². The van der Waals surface area contributed by atoms with Crippen LogP contribution in [0.25, 0.3) is 11.5 Å². The monoisotopic (exact) mass is 522 g/mol. The highest BCUT2D eigenvalue weighted by Gasteiger charge is 2.47. The van der Waals surface area contributed by atoms with Gasteiger partial charge >= 0.3 is 0 Å². The van der Waals surface area contributed by atoms with Crippen molar-refractivity contribution in [1.29, 1.82) is 0 Å². The molecule has 0 saturated carbocycles. The molecule has 2 aromatic carbocycles. The van der Waals surface area contributed by atoms with Crippen LogP contribution < -0.4 is 9.47 Å². The number of ether oxygens (including phenoxy) is 6. The second-order valence-electron chi connectivity index (χ2n) is 9.24. The molecule has 0 N–H and O–H groups in total. The van der Waals surface area contributed by atoms with E-state index < -0.39 is 0 Å². The van der Waals surface area contributed by atoms with Gasteiger partial charge in [0.25, 0.3) is 0 Å². The molecule has 0 aliphatic heterocycles. The van der Waals surface area contributed by atoms with Crippen LogP contribution in [0.3, 0.4) is 0 Å². The first-order valence-electron chi connectivity index (χ1n) is 14.1. The number of benzene rings is 2. The van der Waals surface area contributed by atoms with E-state index in [-0.39, 0.29) is 17.8 Å². The van der Waals surface area contributed by atoms with Gasteiger partial charge in [0.1, 0.15) is 23.0 Å². The van der Waals surface area contributed by atoms with E-state index in [2.05, 4.69) is 31.2 Å². The molecule has 2 atom stereocenters. The van der Waals surface area contributed by atoms with Gasteiger partial charge in [0.15, 0.2) is 11.5 Å². The van der Waals surface area contributed by atoms with Gasteiger partial charge in [0.05, 0.1) is 50.8 Å². The van der Waals surface area contributed by atoms with E-state index in [1.807, 2.05) is 53.7 Å². The van der Waals surface area contributed by atoms with Gasteiger partial charge in [0, 0.05) is 11.8 Å². The second kappa shape index (κ2) is 12.5. The van der Waals surface area contributed by atoms with Crippen LogP contribution in [-0.2, 0) is 18.9 Å². The van der Waals surface area contributed by atoms with Crippen molar-refractivity contribution in [2.75, 3.05) is 39.6 Å². The normalized spacial score (nSPS) is 18.7. The van der Waals surface area contributed by atoms with Gasteiger partial charge in [-0.2, -0.15) is 0 Å². The van der Waals surface area contributed by atoms with Gasteiger partial charge in [-0.25, -0.2) is 0 Å². The van der Waals surface area contributed by atoms with Crippen molar-refractivity contribution in [3.05, 3.63) is 70.2 Å². The third-order valence-corrected chi connectivity index (χ3v) is 7.08. The fraction of sp³-hybridized carbons (Fsp3) is 0.500. The molecule has 0 spiro atoms. The van der Waals surface area contributed by atoms with E-state index in [1.54, 1.807) is 0 Å². The van der Waals surface area contributed by atoms with Crippen LogP contribution in [0.2, 0.25) is 0 Å². The number of fused-ring (bicyclic) bond motifs is 2. The third-order valence-electron chi connectivity index (χ3n) is 7.08. The molecular weight excluding hydrogens is 480 g/mol. The Hall–Kier alpha value is -3.28. The van der Waals surface area contributed by atoms with Gasteiger partial charge in [-0.1, -0.05) is 31.2 Å². The Morgan fingerprint density at radius 3 is 1.24 bits per heavy atom. The zero-order valence-corrected chi connectivity index (χ0v) is 23.9. The van der Waals surface area contributed by atoms with Crippen LogP contribution in [0.15, 0.2) is 47.9 Å². The molecule has 0 bridgehead atoms. The maximum absolute atomic E-state index is 6.38. The summed E-state index contributed by atoms with van der Waals surface area (Å²) in [6.45, 7) is 17.6. The first-order valence-corrected chi connectivity index (χ1v) is 14.1. The molecule has 0 radical (unpaired) electrons. The Morgan fingerprint density at radius 1 is 0.526 bits per heavy atom. The molecule has 0 heterocycles. The summed E-state index contributed by atoms with van der Waals surface area (Å²) < 4.78 is 37.4. The minimum absolute atomic E-state index is 0.0558. The van der Waals surface area contributed by atoms with Crippen molar-refractivity contribution in [2.24, 2.45) is 5.92 Å². The minimum atomic E-state index is -0.0584. The van der Waals surface area contributed by atoms with Crippen LogP contribution in [0.5, 0.6) is 11.5 Å². The lowest BCUT2D eigenvalue weighted by Crippen LogP contribution is -2.21. The summed E-state index contributed by atoms with van der Waals surface area (Å²) in [4.78, 5) is 0. The molecule has 6 heteroatoms. The molecule has 2 unspecified atom stereocenters. The summed E-state index contributed by atoms with van der Waals surface area (Å²) in [6.07, 6.45) is 0. The summed E-state index contributed by atoms with van der Waals surface area (Å²) in [5, 5.41) is 0. The third kappa shape index (κ3) is 4.81. The van der Waals surface area contributed by atoms with E-state index in [9.17, 15) is 0 Å². The molecule has 2 aliphatic carbocycles. The summed E-state index contributed by atoms with van der Waals surface area (Å²) in [5.41, 5.74) is 4.28. The Kier molecular flexibility index (Phi) is 9.13. The van der Waals surface area contributed by atoms with Gasteiger partial charge in [-0.3, -0.25) is 0 Å². The van der Waals surface area contributed by atoms with Gasteiger partial charge in [0.2, 0.25) is 0 Å². The summed E-state index contributed by atoms with van der Waals surface area (Å²) >= 11 is 0. The maximum Gasteiger partial charge on any atom is 0.168 e. The van der Waals surface area contributed by atoms with E-state index in [4.69, 9.17) is 28.4 Å². The largest absolute Gasteiger partial charge is 0.494 e. The highest BCUT2D eigenvalue weighted by Crippen LogP contribution is 2.58. The van der Waals surface area contributed by atoms with Gasteiger partial charge in [-0.15, -0.1) is 0 Å².